The van der Waals surface area contributed by atoms with Gasteiger partial charge in [0.2, 0.25) is 28.7 Å². The molecule has 9 aromatic rings. The van der Waals surface area contributed by atoms with E-state index in [1.807, 2.05) is 91.0 Å². The van der Waals surface area contributed by atoms with Gasteiger partial charge in [-0.1, -0.05) is 103 Å². The van der Waals surface area contributed by atoms with Crippen LogP contribution in [0.4, 0.5) is 51.2 Å². The van der Waals surface area contributed by atoms with E-state index in [-0.39, 0.29) is 16.9 Å². The zero-order valence-electron chi connectivity index (χ0n) is 36.8. The summed E-state index contributed by atoms with van der Waals surface area (Å²) in [5.74, 6) is -9.85. The fraction of sp³-hybridized carbons (Fsp3) is 0.0526. The van der Waals surface area contributed by atoms with Crippen LogP contribution >= 0.6 is 0 Å². The predicted molar refractivity (Wildman–Crippen MR) is 268 cm³/mol. The van der Waals surface area contributed by atoms with Crippen molar-refractivity contribution in [2.45, 2.75) is 18.8 Å². The third kappa shape index (κ3) is 7.95. The first-order valence-electron chi connectivity index (χ1n) is 22.1. The van der Waals surface area contributed by atoms with E-state index in [4.69, 9.17) is 0 Å². The minimum atomic E-state index is -1.20. The molecule has 12 nitrogen and oxygen atoms in total. The Bertz CT molecular complexity index is 3230. The molecule has 0 spiro atoms. The number of anilines is 9. The first kappa shape index (κ1) is 43.5. The van der Waals surface area contributed by atoms with Crippen LogP contribution in [0, 0.1) is 0 Å². The number of rotatable bonds is 12. The van der Waals surface area contributed by atoms with E-state index in [1.165, 1.54) is 0 Å². The van der Waals surface area contributed by atoms with Gasteiger partial charge in [-0.05, 0) is 126 Å². The van der Waals surface area contributed by atoms with Gasteiger partial charge in [-0.25, -0.2) is 0 Å². The Kier molecular flexibility index (Phi) is 11.2. The molecule has 0 amide bonds. The van der Waals surface area contributed by atoms with E-state index in [0.717, 1.165) is 61.3 Å². The van der Waals surface area contributed by atoms with Crippen molar-refractivity contribution < 1.29 is 46.0 Å². The van der Waals surface area contributed by atoms with Crippen LogP contribution in [0.1, 0.15) is 24.3 Å². The molecular formula is C57H45N3O9. The van der Waals surface area contributed by atoms with Gasteiger partial charge in [0, 0.05) is 45.4 Å². The summed E-state index contributed by atoms with van der Waals surface area (Å²) in [6.07, 6.45) is 1.06. The molecule has 1 aliphatic carbocycles. The SMILES string of the molecule is Oc1c(O)c(O)c(N(c2ccc(-c3ccc(N(c4ccccc4)c4ccc(-c5ccc(N(c6ccccc6)c6ccccc6)cc5)cc4)cc3)cc2)c2c(O)c(O)c(O)c(O)c2C2CC2)c(O)c1O. The van der Waals surface area contributed by atoms with Crippen molar-refractivity contribution in [2.24, 2.45) is 0 Å². The first-order chi connectivity index (χ1) is 33.5. The Labute approximate surface area is 396 Å². The van der Waals surface area contributed by atoms with Crippen LogP contribution in [0.25, 0.3) is 22.3 Å². The minimum Gasteiger partial charge on any atom is -0.504 e. The van der Waals surface area contributed by atoms with E-state index in [9.17, 15) is 46.0 Å². The van der Waals surface area contributed by atoms with E-state index in [2.05, 4.69) is 82.6 Å². The van der Waals surface area contributed by atoms with Crippen molar-refractivity contribution >= 4 is 51.2 Å². The monoisotopic (exact) mass is 915 g/mol. The number of benzene rings is 9. The number of para-hydroxylation sites is 3. The Balaban J connectivity index is 0.962. The molecule has 0 heterocycles. The first-order valence-corrected chi connectivity index (χ1v) is 22.1. The highest BCUT2D eigenvalue weighted by atomic mass is 16.4. The second-order valence-corrected chi connectivity index (χ2v) is 16.7. The predicted octanol–water partition coefficient (Wildman–Crippen LogP) is 13.7. The van der Waals surface area contributed by atoms with Gasteiger partial charge in [-0.3, -0.25) is 4.90 Å². The Morgan fingerprint density at radius 3 is 0.797 bits per heavy atom. The Morgan fingerprint density at radius 2 is 0.493 bits per heavy atom. The molecule has 1 fully saturated rings. The van der Waals surface area contributed by atoms with Gasteiger partial charge < -0.3 is 55.8 Å². The van der Waals surface area contributed by atoms with Crippen molar-refractivity contribution in [3.8, 4) is 74.0 Å². The van der Waals surface area contributed by atoms with Crippen molar-refractivity contribution in [3.05, 3.63) is 194 Å². The van der Waals surface area contributed by atoms with Gasteiger partial charge >= 0.3 is 0 Å². The molecule has 9 N–H and O–H groups in total. The van der Waals surface area contributed by atoms with Gasteiger partial charge in [0.25, 0.3) is 0 Å². The topological polar surface area (TPSA) is 192 Å². The van der Waals surface area contributed by atoms with E-state index in [0.29, 0.717) is 12.8 Å². The maximum atomic E-state index is 11.3. The molecule has 0 bridgehead atoms. The normalized spacial score (nSPS) is 12.1. The molecule has 0 unspecified atom stereocenters. The molecule has 9 aromatic carbocycles. The van der Waals surface area contributed by atoms with Gasteiger partial charge in [0.15, 0.2) is 23.0 Å². The molecule has 10 rings (SSSR count). The lowest BCUT2D eigenvalue weighted by molar-refractivity contribution is 0.329. The summed E-state index contributed by atoms with van der Waals surface area (Å²) in [5.41, 5.74) is 8.69. The lowest BCUT2D eigenvalue weighted by Crippen LogP contribution is -2.13. The fourth-order valence-corrected chi connectivity index (χ4v) is 8.78. The third-order valence-corrected chi connectivity index (χ3v) is 12.4. The van der Waals surface area contributed by atoms with E-state index >= 15 is 0 Å². The van der Waals surface area contributed by atoms with Crippen LogP contribution in [0.15, 0.2) is 188 Å². The Hall–Kier alpha value is -9.42. The quantitative estimate of drug-likeness (QED) is 0.0417. The molecule has 342 valence electrons. The molecule has 12 heteroatoms. The molecule has 0 radical (unpaired) electrons. The van der Waals surface area contributed by atoms with Gasteiger partial charge in [0.05, 0.1) is 5.69 Å². The van der Waals surface area contributed by atoms with Crippen LogP contribution in [0.2, 0.25) is 0 Å². The molecular weight excluding hydrogens is 871 g/mol. The lowest BCUT2D eigenvalue weighted by Gasteiger charge is -2.31. The maximum absolute atomic E-state index is 11.3. The summed E-state index contributed by atoms with van der Waals surface area (Å²) in [7, 11) is 0. The van der Waals surface area contributed by atoms with E-state index < -0.39 is 63.4 Å². The highest BCUT2D eigenvalue weighted by molar-refractivity contribution is 5.95. The molecule has 1 aliphatic rings. The lowest BCUT2D eigenvalue weighted by atomic mass is 10.00. The minimum absolute atomic E-state index is 0.0188. The Morgan fingerprint density at radius 1 is 0.246 bits per heavy atom. The standard InChI is InChI=1S/C57H45N3O9/c61-49-46(38-16-17-38)47(50(62)54(66)53(49)65)60(48-51(63)55(67)57(69)56(68)52(48)64)45-32-24-37(25-33-45)36-22-30-44(31-23-36)59(41-14-8-3-9-15-41)43-28-20-35(21-29-43)34-18-26-42(27-19-34)58(39-10-4-1-5-11-39)40-12-6-2-7-13-40/h1-15,18-33,38,61-69H,16-17H2. The number of phenolic OH excluding ortho intramolecular Hbond substituents is 9. The summed E-state index contributed by atoms with van der Waals surface area (Å²) in [4.78, 5) is 5.40. The van der Waals surface area contributed by atoms with Crippen LogP contribution in [-0.2, 0) is 0 Å². The van der Waals surface area contributed by atoms with E-state index in [1.54, 1.807) is 24.3 Å². The molecule has 0 aromatic heterocycles. The number of phenols is 9. The second kappa shape index (κ2) is 17.8. The zero-order valence-corrected chi connectivity index (χ0v) is 36.8. The van der Waals surface area contributed by atoms with Crippen LogP contribution < -0.4 is 14.7 Å². The number of hydrogen-bond donors (Lipinski definition) is 9. The average Bonchev–Trinajstić information content (AvgIpc) is 4.25. The second-order valence-electron chi connectivity index (χ2n) is 16.7. The van der Waals surface area contributed by atoms with Crippen LogP contribution in [0.3, 0.4) is 0 Å². The summed E-state index contributed by atoms with van der Waals surface area (Å²) < 4.78 is 0. The van der Waals surface area contributed by atoms with Crippen LogP contribution in [0.5, 0.6) is 51.7 Å². The number of nitrogens with zero attached hydrogens (tertiary/aromatic N) is 3. The average molecular weight is 916 g/mol. The maximum Gasteiger partial charge on any atom is 0.208 e. The van der Waals surface area contributed by atoms with Gasteiger partial charge in [-0.15, -0.1) is 0 Å². The van der Waals surface area contributed by atoms with Crippen LogP contribution in [-0.4, -0.2) is 46.0 Å². The molecule has 69 heavy (non-hydrogen) atoms. The number of aromatic hydroxyl groups is 9. The summed E-state index contributed by atoms with van der Waals surface area (Å²) in [5, 5.41) is 97.3. The smallest absolute Gasteiger partial charge is 0.208 e. The largest absolute Gasteiger partial charge is 0.504 e. The zero-order chi connectivity index (χ0) is 47.9. The molecule has 0 aliphatic heterocycles. The van der Waals surface area contributed by atoms with Crippen molar-refractivity contribution in [1.82, 2.24) is 0 Å². The summed E-state index contributed by atoms with van der Waals surface area (Å²) in [6, 6.07) is 62.0. The fourth-order valence-electron chi connectivity index (χ4n) is 8.78. The van der Waals surface area contributed by atoms with Crippen molar-refractivity contribution in [1.29, 1.82) is 0 Å². The van der Waals surface area contributed by atoms with Crippen molar-refractivity contribution in [3.63, 3.8) is 0 Å². The summed E-state index contributed by atoms with van der Waals surface area (Å²) in [6.45, 7) is 0. The number of hydrogen-bond acceptors (Lipinski definition) is 12. The third-order valence-electron chi connectivity index (χ3n) is 12.4. The highest BCUT2D eigenvalue weighted by Crippen LogP contribution is 2.64. The van der Waals surface area contributed by atoms with Gasteiger partial charge in [0.1, 0.15) is 5.69 Å². The molecule has 0 atom stereocenters. The molecule has 0 saturated heterocycles. The van der Waals surface area contributed by atoms with Crippen molar-refractivity contribution in [2.75, 3.05) is 14.7 Å². The molecule has 1 saturated carbocycles. The highest BCUT2D eigenvalue weighted by Gasteiger charge is 2.40. The van der Waals surface area contributed by atoms with Gasteiger partial charge in [-0.2, -0.15) is 0 Å². The summed E-state index contributed by atoms with van der Waals surface area (Å²) >= 11 is 0.